The molecule has 0 radical (unpaired) electrons. The van der Waals surface area contributed by atoms with Crippen molar-refractivity contribution in [2.24, 2.45) is 0 Å². The first kappa shape index (κ1) is 9.27. The number of hydrogen-bond donors (Lipinski definition) is 1. The molecule has 1 aromatic carbocycles. The molecular weight excluding hydrogens is 148 g/mol. The predicted octanol–water partition coefficient (Wildman–Crippen LogP) is 2.39. The highest BCUT2D eigenvalue weighted by Gasteiger charge is 2.17. The summed E-state index contributed by atoms with van der Waals surface area (Å²) in [6.07, 6.45) is 1.53. The number of aliphatic hydroxyl groups is 1. The Morgan fingerprint density at radius 3 is 2.33 bits per heavy atom. The summed E-state index contributed by atoms with van der Waals surface area (Å²) in [5.41, 5.74) is 0.644. The summed E-state index contributed by atoms with van der Waals surface area (Å²) in [5, 5.41) is 9.78. The van der Waals surface area contributed by atoms with Gasteiger partial charge in [0.15, 0.2) is 0 Å². The van der Waals surface area contributed by atoms with E-state index in [1.807, 2.05) is 44.2 Å². The highest BCUT2D eigenvalue weighted by Crippen LogP contribution is 2.15. The predicted molar refractivity (Wildman–Crippen MR) is 51.1 cm³/mol. The van der Waals surface area contributed by atoms with Crippen molar-refractivity contribution >= 4 is 0 Å². The van der Waals surface area contributed by atoms with Crippen molar-refractivity contribution in [2.75, 3.05) is 0 Å². The van der Waals surface area contributed by atoms with Crippen LogP contribution in [0.1, 0.15) is 25.8 Å². The molecule has 0 aliphatic rings. The molecule has 0 unspecified atom stereocenters. The third-order valence-corrected chi connectivity index (χ3v) is 2.19. The van der Waals surface area contributed by atoms with Crippen molar-refractivity contribution in [3.05, 3.63) is 35.9 Å². The molecule has 0 aliphatic carbocycles. The van der Waals surface area contributed by atoms with E-state index in [9.17, 15) is 5.11 Å². The van der Waals surface area contributed by atoms with Crippen LogP contribution in [0, 0.1) is 0 Å². The molecule has 0 aliphatic heterocycles. The minimum atomic E-state index is -0.554. The van der Waals surface area contributed by atoms with Gasteiger partial charge in [-0.3, -0.25) is 0 Å². The van der Waals surface area contributed by atoms with Gasteiger partial charge >= 0.3 is 0 Å². The van der Waals surface area contributed by atoms with E-state index in [4.69, 9.17) is 0 Å². The summed E-state index contributed by atoms with van der Waals surface area (Å²) in [5.74, 6) is 0. The topological polar surface area (TPSA) is 20.2 Å². The SMILES string of the molecule is CC[C@@](C)(O)Cc1ccccc1. The smallest absolute Gasteiger partial charge is 0.0657 e. The van der Waals surface area contributed by atoms with Crippen LogP contribution < -0.4 is 0 Å². The highest BCUT2D eigenvalue weighted by molar-refractivity contribution is 5.16. The monoisotopic (exact) mass is 164 g/mol. The Labute approximate surface area is 74.1 Å². The van der Waals surface area contributed by atoms with Crippen LogP contribution in [0.2, 0.25) is 0 Å². The van der Waals surface area contributed by atoms with Gasteiger partial charge in [-0.25, -0.2) is 0 Å². The van der Waals surface area contributed by atoms with E-state index >= 15 is 0 Å². The minimum absolute atomic E-state index is 0.554. The molecule has 66 valence electrons. The molecule has 0 saturated carbocycles. The average molecular weight is 164 g/mol. The van der Waals surface area contributed by atoms with E-state index in [1.54, 1.807) is 0 Å². The molecule has 0 fully saturated rings. The van der Waals surface area contributed by atoms with Gasteiger partial charge in [-0.05, 0) is 18.9 Å². The maximum Gasteiger partial charge on any atom is 0.0657 e. The van der Waals surface area contributed by atoms with E-state index < -0.39 is 5.60 Å². The molecule has 1 heteroatoms. The quantitative estimate of drug-likeness (QED) is 0.727. The zero-order valence-electron chi connectivity index (χ0n) is 7.75. The zero-order chi connectivity index (χ0) is 9.03. The largest absolute Gasteiger partial charge is 0.390 e. The Morgan fingerprint density at radius 2 is 1.83 bits per heavy atom. The molecule has 12 heavy (non-hydrogen) atoms. The molecular formula is C11H16O. The van der Waals surface area contributed by atoms with Crippen LogP contribution in [0.4, 0.5) is 0 Å². The van der Waals surface area contributed by atoms with Gasteiger partial charge in [0.2, 0.25) is 0 Å². The van der Waals surface area contributed by atoms with Gasteiger partial charge in [0, 0.05) is 6.42 Å². The number of rotatable bonds is 3. The third kappa shape index (κ3) is 2.67. The van der Waals surface area contributed by atoms with Crippen molar-refractivity contribution in [1.29, 1.82) is 0 Å². The summed E-state index contributed by atoms with van der Waals surface area (Å²) in [4.78, 5) is 0. The molecule has 0 aromatic heterocycles. The van der Waals surface area contributed by atoms with Gasteiger partial charge in [0.05, 0.1) is 5.60 Å². The lowest BCUT2D eigenvalue weighted by molar-refractivity contribution is 0.0564. The molecule has 0 bridgehead atoms. The molecule has 1 nitrogen and oxygen atoms in total. The Bertz CT molecular complexity index is 226. The first-order chi connectivity index (χ1) is 5.64. The van der Waals surface area contributed by atoms with E-state index in [2.05, 4.69) is 0 Å². The fourth-order valence-corrected chi connectivity index (χ4v) is 1.16. The van der Waals surface area contributed by atoms with Crippen LogP contribution in [0.5, 0.6) is 0 Å². The van der Waals surface area contributed by atoms with Crippen molar-refractivity contribution in [1.82, 2.24) is 0 Å². The van der Waals surface area contributed by atoms with Crippen molar-refractivity contribution in [2.45, 2.75) is 32.3 Å². The van der Waals surface area contributed by atoms with Gasteiger partial charge in [0.1, 0.15) is 0 Å². The van der Waals surface area contributed by atoms with Gasteiger partial charge < -0.3 is 5.11 Å². The van der Waals surface area contributed by atoms with Crippen molar-refractivity contribution in [3.8, 4) is 0 Å². The molecule has 0 spiro atoms. The fourth-order valence-electron chi connectivity index (χ4n) is 1.16. The molecule has 1 N–H and O–H groups in total. The Balaban J connectivity index is 2.64. The third-order valence-electron chi connectivity index (χ3n) is 2.19. The van der Waals surface area contributed by atoms with Crippen molar-refractivity contribution < 1.29 is 5.11 Å². The first-order valence-electron chi connectivity index (χ1n) is 4.40. The zero-order valence-corrected chi connectivity index (χ0v) is 7.75. The molecule has 1 aromatic rings. The summed E-state index contributed by atoms with van der Waals surface area (Å²) >= 11 is 0. The normalized spacial score (nSPS) is 15.6. The van der Waals surface area contributed by atoms with Gasteiger partial charge in [0.25, 0.3) is 0 Å². The minimum Gasteiger partial charge on any atom is -0.390 e. The highest BCUT2D eigenvalue weighted by atomic mass is 16.3. The van der Waals surface area contributed by atoms with Crippen LogP contribution in [0.15, 0.2) is 30.3 Å². The average Bonchev–Trinajstić information content (AvgIpc) is 2.06. The van der Waals surface area contributed by atoms with E-state index in [1.165, 1.54) is 5.56 Å². The Morgan fingerprint density at radius 1 is 1.25 bits per heavy atom. The maximum atomic E-state index is 9.78. The Kier molecular flexibility index (Phi) is 2.88. The van der Waals surface area contributed by atoms with Gasteiger partial charge in [-0.1, -0.05) is 37.3 Å². The van der Waals surface area contributed by atoms with Crippen LogP contribution in [0.25, 0.3) is 0 Å². The Hall–Kier alpha value is -0.820. The maximum absolute atomic E-state index is 9.78. The summed E-state index contributed by atoms with van der Waals surface area (Å²) < 4.78 is 0. The van der Waals surface area contributed by atoms with Crippen LogP contribution in [0.3, 0.4) is 0 Å². The van der Waals surface area contributed by atoms with E-state index in [0.29, 0.717) is 0 Å². The lowest BCUT2D eigenvalue weighted by Gasteiger charge is -2.20. The molecule has 0 saturated heterocycles. The van der Waals surface area contributed by atoms with E-state index in [-0.39, 0.29) is 0 Å². The molecule has 0 amide bonds. The number of benzene rings is 1. The second-order valence-electron chi connectivity index (χ2n) is 3.51. The van der Waals surface area contributed by atoms with Crippen molar-refractivity contribution in [3.63, 3.8) is 0 Å². The molecule has 0 heterocycles. The van der Waals surface area contributed by atoms with Crippen LogP contribution in [-0.2, 0) is 6.42 Å². The second kappa shape index (κ2) is 3.72. The summed E-state index contributed by atoms with van der Waals surface area (Å²) in [7, 11) is 0. The van der Waals surface area contributed by atoms with Crippen LogP contribution >= 0.6 is 0 Å². The number of hydrogen-bond acceptors (Lipinski definition) is 1. The molecule has 1 rings (SSSR count). The fraction of sp³-hybridized carbons (Fsp3) is 0.455. The summed E-state index contributed by atoms with van der Waals surface area (Å²) in [6, 6.07) is 10.1. The van der Waals surface area contributed by atoms with E-state index in [0.717, 1.165) is 12.8 Å². The molecule has 1 atom stereocenters. The lowest BCUT2D eigenvalue weighted by atomic mass is 9.94. The van der Waals surface area contributed by atoms with Gasteiger partial charge in [-0.2, -0.15) is 0 Å². The van der Waals surface area contributed by atoms with Crippen LogP contribution in [-0.4, -0.2) is 10.7 Å². The second-order valence-corrected chi connectivity index (χ2v) is 3.51. The standard InChI is InChI=1S/C11H16O/c1-3-11(2,12)9-10-7-5-4-6-8-10/h4-8,12H,3,9H2,1-2H3/t11-/m1/s1. The van der Waals surface area contributed by atoms with Gasteiger partial charge in [-0.15, -0.1) is 0 Å². The lowest BCUT2D eigenvalue weighted by Crippen LogP contribution is -2.25. The summed E-state index contributed by atoms with van der Waals surface area (Å²) in [6.45, 7) is 3.88. The first-order valence-corrected chi connectivity index (χ1v) is 4.40.